The Labute approximate surface area is 94.8 Å². The average Bonchev–Trinajstić information content (AvgIpc) is 2.21. The minimum Gasteiger partial charge on any atom is -0.458 e. The van der Waals surface area contributed by atoms with Gasteiger partial charge >= 0.3 is 0 Å². The maximum absolute atomic E-state index is 11.6. The first-order chi connectivity index (χ1) is 7.54. The van der Waals surface area contributed by atoms with Crippen LogP contribution in [0.5, 0.6) is 5.75 Å². The molecular formula is C11H18N2O3. The molecule has 5 nitrogen and oxygen atoms in total. The monoisotopic (exact) mass is 226 g/mol. The highest BCUT2D eigenvalue weighted by molar-refractivity contribution is 5.13. The number of hydrogen-bond donors (Lipinski definition) is 1. The molecule has 1 atom stereocenters. The summed E-state index contributed by atoms with van der Waals surface area (Å²) in [7, 11) is 0. The van der Waals surface area contributed by atoms with Gasteiger partial charge in [-0.3, -0.25) is 4.79 Å². The molecule has 0 spiro atoms. The fraction of sp³-hybridized carbons (Fsp3) is 0.636. The average molecular weight is 226 g/mol. The Balaban J connectivity index is 2.79. The van der Waals surface area contributed by atoms with Gasteiger partial charge in [0.2, 0.25) is 5.75 Å². The van der Waals surface area contributed by atoms with Crippen molar-refractivity contribution in [3.8, 4) is 5.75 Å². The normalized spacial score (nSPS) is 12.8. The van der Waals surface area contributed by atoms with Gasteiger partial charge in [-0.05, 0) is 13.8 Å². The van der Waals surface area contributed by atoms with Crippen molar-refractivity contribution in [3.63, 3.8) is 0 Å². The van der Waals surface area contributed by atoms with Crippen LogP contribution in [0.4, 0.5) is 0 Å². The van der Waals surface area contributed by atoms with E-state index in [1.807, 2.05) is 20.8 Å². The number of hydrogen-bond acceptors (Lipinski definition) is 4. The molecule has 90 valence electrons. The van der Waals surface area contributed by atoms with Gasteiger partial charge in [-0.15, -0.1) is 0 Å². The van der Waals surface area contributed by atoms with Crippen LogP contribution in [-0.2, 0) is 4.74 Å². The van der Waals surface area contributed by atoms with Crippen molar-refractivity contribution in [2.45, 2.75) is 39.9 Å². The van der Waals surface area contributed by atoms with E-state index in [-0.39, 0.29) is 17.2 Å². The molecule has 1 unspecified atom stereocenters. The fourth-order valence-electron chi connectivity index (χ4n) is 1.22. The summed E-state index contributed by atoms with van der Waals surface area (Å²) in [6.07, 6.45) is 0.988. The first-order valence-corrected chi connectivity index (χ1v) is 5.42. The van der Waals surface area contributed by atoms with Crippen molar-refractivity contribution >= 4 is 0 Å². The molecule has 5 heteroatoms. The Morgan fingerprint density at radius 2 is 2.12 bits per heavy atom. The Kier molecular flexibility index (Phi) is 4.49. The van der Waals surface area contributed by atoms with Gasteiger partial charge in [0.15, 0.2) is 6.29 Å². The van der Waals surface area contributed by atoms with Gasteiger partial charge in [-0.25, -0.2) is 4.98 Å². The maximum Gasteiger partial charge on any atom is 0.293 e. The smallest absolute Gasteiger partial charge is 0.293 e. The summed E-state index contributed by atoms with van der Waals surface area (Å²) in [5, 5.41) is 0. The van der Waals surface area contributed by atoms with Gasteiger partial charge < -0.3 is 14.5 Å². The summed E-state index contributed by atoms with van der Waals surface area (Å²) >= 11 is 0. The second-order valence-electron chi connectivity index (χ2n) is 3.76. The van der Waals surface area contributed by atoms with E-state index in [0.717, 1.165) is 0 Å². The lowest BCUT2D eigenvalue weighted by Crippen LogP contribution is -2.22. The van der Waals surface area contributed by atoms with Crippen molar-refractivity contribution in [2.24, 2.45) is 0 Å². The second kappa shape index (κ2) is 5.65. The molecule has 0 aliphatic rings. The van der Waals surface area contributed by atoms with E-state index in [1.165, 1.54) is 6.20 Å². The molecule has 1 aromatic heterocycles. The maximum atomic E-state index is 11.6. The van der Waals surface area contributed by atoms with E-state index in [4.69, 9.17) is 9.47 Å². The second-order valence-corrected chi connectivity index (χ2v) is 3.76. The van der Waals surface area contributed by atoms with Crippen LogP contribution in [0, 0.1) is 0 Å². The van der Waals surface area contributed by atoms with Crippen molar-refractivity contribution in [2.75, 3.05) is 6.61 Å². The van der Waals surface area contributed by atoms with Gasteiger partial charge in [0.05, 0.1) is 6.20 Å². The van der Waals surface area contributed by atoms with Gasteiger partial charge in [-0.1, -0.05) is 13.8 Å². The van der Waals surface area contributed by atoms with Crippen LogP contribution in [0.3, 0.4) is 0 Å². The van der Waals surface area contributed by atoms with E-state index in [1.54, 1.807) is 6.92 Å². The molecule has 1 N–H and O–H groups in total. The van der Waals surface area contributed by atoms with E-state index in [0.29, 0.717) is 12.4 Å². The van der Waals surface area contributed by atoms with Crippen LogP contribution in [-0.4, -0.2) is 22.9 Å². The van der Waals surface area contributed by atoms with Crippen LogP contribution in [0.2, 0.25) is 0 Å². The fourth-order valence-corrected chi connectivity index (χ4v) is 1.22. The Hall–Kier alpha value is -1.36. The SMILES string of the molecule is CCOC(C)Oc1cnc(C(C)C)[nH]c1=O. The van der Waals surface area contributed by atoms with E-state index >= 15 is 0 Å². The highest BCUT2D eigenvalue weighted by Crippen LogP contribution is 2.09. The molecule has 0 saturated carbocycles. The highest BCUT2D eigenvalue weighted by Gasteiger charge is 2.09. The van der Waals surface area contributed by atoms with Crippen molar-refractivity contribution in [3.05, 3.63) is 22.4 Å². The van der Waals surface area contributed by atoms with Crippen LogP contribution in [0.15, 0.2) is 11.0 Å². The largest absolute Gasteiger partial charge is 0.458 e. The molecule has 0 aromatic carbocycles. The molecule has 0 saturated heterocycles. The number of H-pyrrole nitrogens is 1. The first kappa shape index (κ1) is 12.7. The standard InChI is InChI=1S/C11H18N2O3/c1-5-15-8(4)16-9-6-12-10(7(2)3)13-11(9)14/h6-8H,5H2,1-4H3,(H,12,13,14). The third kappa shape index (κ3) is 3.34. The zero-order valence-electron chi connectivity index (χ0n) is 10.1. The van der Waals surface area contributed by atoms with Gasteiger partial charge in [0, 0.05) is 12.5 Å². The number of nitrogens with zero attached hydrogens (tertiary/aromatic N) is 1. The molecular weight excluding hydrogens is 208 g/mol. The van der Waals surface area contributed by atoms with Crippen LogP contribution in [0.25, 0.3) is 0 Å². The molecule has 0 fully saturated rings. The zero-order valence-corrected chi connectivity index (χ0v) is 10.1. The van der Waals surface area contributed by atoms with Gasteiger partial charge in [-0.2, -0.15) is 0 Å². The van der Waals surface area contributed by atoms with Crippen LogP contribution >= 0.6 is 0 Å². The molecule has 1 aromatic rings. The van der Waals surface area contributed by atoms with E-state index < -0.39 is 6.29 Å². The molecule has 0 bridgehead atoms. The predicted octanol–water partition coefficient (Wildman–Crippen LogP) is 1.65. The van der Waals surface area contributed by atoms with Crippen LogP contribution in [0.1, 0.15) is 39.4 Å². The molecule has 16 heavy (non-hydrogen) atoms. The third-order valence-electron chi connectivity index (χ3n) is 2.03. The number of ether oxygens (including phenoxy) is 2. The number of aromatic amines is 1. The van der Waals surface area contributed by atoms with E-state index in [2.05, 4.69) is 9.97 Å². The highest BCUT2D eigenvalue weighted by atomic mass is 16.7. The molecule has 1 rings (SSSR count). The van der Waals surface area contributed by atoms with Crippen molar-refractivity contribution < 1.29 is 9.47 Å². The lowest BCUT2D eigenvalue weighted by molar-refractivity contribution is -0.0623. The lowest BCUT2D eigenvalue weighted by atomic mass is 10.2. The Bertz CT molecular complexity index is 387. The summed E-state index contributed by atoms with van der Waals surface area (Å²) in [6.45, 7) is 8.06. The lowest BCUT2D eigenvalue weighted by Gasteiger charge is -2.13. The summed E-state index contributed by atoms with van der Waals surface area (Å²) < 4.78 is 10.5. The quantitative estimate of drug-likeness (QED) is 0.775. The topological polar surface area (TPSA) is 64.2 Å². The summed E-state index contributed by atoms with van der Waals surface area (Å²) in [6, 6.07) is 0. The molecule has 0 aliphatic heterocycles. The van der Waals surface area contributed by atoms with Gasteiger partial charge in [0.25, 0.3) is 5.56 Å². The van der Waals surface area contributed by atoms with Gasteiger partial charge in [0.1, 0.15) is 5.82 Å². The molecule has 0 radical (unpaired) electrons. The minimum atomic E-state index is -0.446. The van der Waals surface area contributed by atoms with Crippen LogP contribution < -0.4 is 10.3 Å². The zero-order chi connectivity index (χ0) is 12.1. The molecule has 0 amide bonds. The predicted molar refractivity (Wildman–Crippen MR) is 60.7 cm³/mol. The number of rotatable bonds is 5. The van der Waals surface area contributed by atoms with Crippen molar-refractivity contribution in [1.82, 2.24) is 9.97 Å². The number of aromatic nitrogens is 2. The minimum absolute atomic E-state index is 0.186. The third-order valence-corrected chi connectivity index (χ3v) is 2.03. The van der Waals surface area contributed by atoms with E-state index in [9.17, 15) is 4.79 Å². The molecule has 1 heterocycles. The Morgan fingerprint density at radius 1 is 1.44 bits per heavy atom. The summed E-state index contributed by atoms with van der Waals surface area (Å²) in [5.74, 6) is 1.03. The number of nitrogens with one attached hydrogen (secondary N) is 1. The molecule has 0 aliphatic carbocycles. The summed E-state index contributed by atoms with van der Waals surface area (Å²) in [4.78, 5) is 18.4. The first-order valence-electron chi connectivity index (χ1n) is 5.42. The van der Waals surface area contributed by atoms with Crippen molar-refractivity contribution in [1.29, 1.82) is 0 Å². The summed E-state index contributed by atoms with van der Waals surface area (Å²) in [5.41, 5.74) is -0.273. The Morgan fingerprint density at radius 3 is 2.62 bits per heavy atom.